The Hall–Kier alpha value is -2.50. The number of pyridine rings is 2. The molecule has 3 rings (SSSR count). The van der Waals surface area contributed by atoms with Crippen molar-refractivity contribution in [2.24, 2.45) is 5.41 Å². The van der Waals surface area contributed by atoms with Gasteiger partial charge in [0.05, 0.1) is 16.6 Å². The molecule has 1 aliphatic rings. The van der Waals surface area contributed by atoms with Gasteiger partial charge in [0.1, 0.15) is 5.52 Å². The van der Waals surface area contributed by atoms with Crippen LogP contribution in [0.2, 0.25) is 0 Å². The summed E-state index contributed by atoms with van der Waals surface area (Å²) in [6.45, 7) is 2.34. The van der Waals surface area contributed by atoms with Gasteiger partial charge in [0.25, 0.3) is 0 Å². The van der Waals surface area contributed by atoms with Crippen LogP contribution in [-0.4, -0.2) is 28.3 Å². The van der Waals surface area contributed by atoms with Crippen molar-refractivity contribution in [2.45, 2.75) is 19.8 Å². The number of nitrogens with zero attached hydrogens (tertiary/aromatic N) is 2. The maximum absolute atomic E-state index is 12.5. The highest BCUT2D eigenvalue weighted by atomic mass is 16.2. The van der Waals surface area contributed by atoms with Crippen molar-refractivity contribution < 1.29 is 9.59 Å². The van der Waals surface area contributed by atoms with Crippen LogP contribution in [0.1, 0.15) is 19.8 Å². The first-order valence-electron chi connectivity index (χ1n) is 6.86. The topological polar surface area (TPSA) is 84.0 Å². The Morgan fingerprint density at radius 1 is 1.33 bits per heavy atom. The van der Waals surface area contributed by atoms with E-state index < -0.39 is 5.41 Å². The highest BCUT2D eigenvalue weighted by Crippen LogP contribution is 2.31. The monoisotopic (exact) mass is 284 g/mol. The minimum Gasteiger partial charge on any atom is -0.356 e. The van der Waals surface area contributed by atoms with Crippen molar-refractivity contribution in [3.63, 3.8) is 0 Å². The fourth-order valence-electron chi connectivity index (χ4n) is 2.53. The van der Waals surface area contributed by atoms with Gasteiger partial charge in [-0.3, -0.25) is 19.6 Å². The van der Waals surface area contributed by atoms with Gasteiger partial charge < -0.3 is 10.6 Å². The van der Waals surface area contributed by atoms with Gasteiger partial charge in [-0.05, 0) is 24.6 Å². The molecule has 6 nitrogen and oxygen atoms in total. The molecule has 108 valence electrons. The van der Waals surface area contributed by atoms with Crippen LogP contribution < -0.4 is 10.6 Å². The Kier molecular flexibility index (Phi) is 3.29. The number of carbonyl (C=O) groups is 2. The first-order chi connectivity index (χ1) is 10.1. The average molecular weight is 284 g/mol. The van der Waals surface area contributed by atoms with Gasteiger partial charge in [-0.1, -0.05) is 6.92 Å². The molecule has 0 bridgehead atoms. The molecule has 0 aromatic carbocycles. The number of piperidine rings is 1. The Labute approximate surface area is 122 Å². The fraction of sp³-hybridized carbons (Fsp3) is 0.333. The third-order valence-corrected chi connectivity index (χ3v) is 3.84. The maximum Gasteiger partial charge on any atom is 0.230 e. The van der Waals surface area contributed by atoms with Crippen molar-refractivity contribution in [2.75, 3.05) is 11.9 Å². The Morgan fingerprint density at radius 3 is 3.00 bits per heavy atom. The SMILES string of the molecule is CC1(C(=O)Nc2ccnc3cccnc23)CCNC(=O)C1. The highest BCUT2D eigenvalue weighted by molar-refractivity contribution is 6.03. The molecule has 21 heavy (non-hydrogen) atoms. The van der Waals surface area contributed by atoms with Crippen molar-refractivity contribution in [1.29, 1.82) is 0 Å². The second-order valence-corrected chi connectivity index (χ2v) is 5.52. The number of rotatable bonds is 2. The van der Waals surface area contributed by atoms with Gasteiger partial charge in [-0.15, -0.1) is 0 Å². The summed E-state index contributed by atoms with van der Waals surface area (Å²) in [6.07, 6.45) is 4.13. The largest absolute Gasteiger partial charge is 0.356 e. The molecule has 2 aromatic heterocycles. The molecular formula is C15H16N4O2. The summed E-state index contributed by atoms with van der Waals surface area (Å²) in [5.41, 5.74) is 1.31. The van der Waals surface area contributed by atoms with Crippen molar-refractivity contribution >= 4 is 28.5 Å². The molecule has 0 aliphatic carbocycles. The van der Waals surface area contributed by atoms with Crippen LogP contribution in [0.25, 0.3) is 11.0 Å². The lowest BCUT2D eigenvalue weighted by Crippen LogP contribution is -2.45. The molecule has 1 aliphatic heterocycles. The molecule has 1 unspecified atom stereocenters. The summed E-state index contributed by atoms with van der Waals surface area (Å²) in [7, 11) is 0. The quantitative estimate of drug-likeness (QED) is 0.875. The van der Waals surface area contributed by atoms with Gasteiger partial charge in [0, 0.05) is 25.4 Å². The molecule has 2 amide bonds. The summed E-state index contributed by atoms with van der Waals surface area (Å²) in [5, 5.41) is 5.64. The van der Waals surface area contributed by atoms with E-state index in [0.29, 0.717) is 24.2 Å². The Balaban J connectivity index is 1.88. The normalized spacial score (nSPS) is 21.9. The lowest BCUT2D eigenvalue weighted by molar-refractivity contribution is -0.134. The summed E-state index contributed by atoms with van der Waals surface area (Å²) in [5.74, 6) is -0.243. The third kappa shape index (κ3) is 2.56. The predicted molar refractivity (Wildman–Crippen MR) is 78.5 cm³/mol. The zero-order chi connectivity index (χ0) is 14.9. The fourth-order valence-corrected chi connectivity index (χ4v) is 2.53. The van der Waals surface area contributed by atoms with Crippen LogP contribution in [0.3, 0.4) is 0 Å². The van der Waals surface area contributed by atoms with Crippen LogP contribution in [0.4, 0.5) is 5.69 Å². The van der Waals surface area contributed by atoms with E-state index in [0.717, 1.165) is 5.52 Å². The van der Waals surface area contributed by atoms with Gasteiger partial charge >= 0.3 is 0 Å². The molecule has 1 saturated heterocycles. The number of hydrogen-bond acceptors (Lipinski definition) is 4. The number of fused-ring (bicyclic) bond motifs is 1. The molecule has 2 aromatic rings. The summed E-state index contributed by atoms with van der Waals surface area (Å²) >= 11 is 0. The molecular weight excluding hydrogens is 268 g/mol. The first kappa shape index (κ1) is 13.5. The highest BCUT2D eigenvalue weighted by Gasteiger charge is 2.38. The predicted octanol–water partition coefficient (Wildman–Crippen LogP) is 1.48. The number of nitrogens with one attached hydrogen (secondary N) is 2. The van der Waals surface area contributed by atoms with E-state index in [9.17, 15) is 9.59 Å². The lowest BCUT2D eigenvalue weighted by atomic mass is 9.79. The average Bonchev–Trinajstić information content (AvgIpc) is 2.47. The molecule has 3 heterocycles. The zero-order valence-electron chi connectivity index (χ0n) is 11.7. The van der Waals surface area contributed by atoms with E-state index in [4.69, 9.17) is 0 Å². The molecule has 6 heteroatoms. The van der Waals surface area contributed by atoms with Gasteiger partial charge in [-0.25, -0.2) is 0 Å². The van der Waals surface area contributed by atoms with Crippen molar-refractivity contribution in [3.8, 4) is 0 Å². The molecule has 0 saturated carbocycles. The van der Waals surface area contributed by atoms with Crippen LogP contribution in [0, 0.1) is 5.41 Å². The molecule has 0 spiro atoms. The van der Waals surface area contributed by atoms with Crippen LogP contribution in [0.15, 0.2) is 30.6 Å². The van der Waals surface area contributed by atoms with E-state index in [1.54, 1.807) is 24.5 Å². The molecule has 2 N–H and O–H groups in total. The smallest absolute Gasteiger partial charge is 0.230 e. The second kappa shape index (κ2) is 5.12. The molecule has 1 atom stereocenters. The van der Waals surface area contributed by atoms with E-state index in [1.165, 1.54) is 0 Å². The number of amides is 2. The summed E-state index contributed by atoms with van der Waals surface area (Å²) in [6, 6.07) is 5.36. The number of carbonyl (C=O) groups excluding carboxylic acids is 2. The summed E-state index contributed by atoms with van der Waals surface area (Å²) < 4.78 is 0. The van der Waals surface area contributed by atoms with Crippen molar-refractivity contribution in [3.05, 3.63) is 30.6 Å². The van der Waals surface area contributed by atoms with Crippen LogP contribution in [-0.2, 0) is 9.59 Å². The second-order valence-electron chi connectivity index (χ2n) is 5.52. The van der Waals surface area contributed by atoms with E-state index in [1.807, 2.05) is 13.0 Å². The number of hydrogen-bond donors (Lipinski definition) is 2. The zero-order valence-corrected chi connectivity index (χ0v) is 11.7. The lowest BCUT2D eigenvalue weighted by Gasteiger charge is -2.31. The molecule has 0 radical (unpaired) electrons. The molecule has 1 fully saturated rings. The number of aromatic nitrogens is 2. The Bertz CT molecular complexity index is 710. The van der Waals surface area contributed by atoms with Gasteiger partial charge in [0.15, 0.2) is 0 Å². The number of anilines is 1. The van der Waals surface area contributed by atoms with Gasteiger partial charge in [-0.2, -0.15) is 0 Å². The van der Waals surface area contributed by atoms with E-state index >= 15 is 0 Å². The first-order valence-corrected chi connectivity index (χ1v) is 6.86. The van der Waals surface area contributed by atoms with Crippen LogP contribution in [0.5, 0.6) is 0 Å². The van der Waals surface area contributed by atoms with Crippen LogP contribution >= 0.6 is 0 Å². The van der Waals surface area contributed by atoms with Crippen molar-refractivity contribution in [1.82, 2.24) is 15.3 Å². The van der Waals surface area contributed by atoms with E-state index in [2.05, 4.69) is 20.6 Å². The Morgan fingerprint density at radius 2 is 2.19 bits per heavy atom. The maximum atomic E-state index is 12.5. The minimum absolute atomic E-state index is 0.0865. The van der Waals surface area contributed by atoms with E-state index in [-0.39, 0.29) is 18.2 Å². The summed E-state index contributed by atoms with van der Waals surface area (Å²) in [4.78, 5) is 32.5. The van der Waals surface area contributed by atoms with Gasteiger partial charge in [0.2, 0.25) is 11.8 Å². The minimum atomic E-state index is -0.688. The third-order valence-electron chi connectivity index (χ3n) is 3.84. The standard InChI is InChI=1S/C15H16N4O2/c1-15(5-8-17-12(20)9-15)14(21)19-11-4-7-16-10-3-2-6-18-13(10)11/h2-4,6-7H,5,8-9H2,1H3,(H,17,20)(H,16,19,21).